The molecule has 152 valence electrons. The fraction of sp³-hybridized carbons (Fsp3) is 0.571. The maximum absolute atomic E-state index is 12.8. The summed E-state index contributed by atoms with van der Waals surface area (Å²) in [5.74, 6) is -0.772. The summed E-state index contributed by atoms with van der Waals surface area (Å²) in [6.45, 7) is 4.13. The van der Waals surface area contributed by atoms with Crippen LogP contribution in [-0.4, -0.2) is 41.2 Å². The molecule has 0 bridgehead atoms. The first-order chi connectivity index (χ1) is 13.5. The van der Waals surface area contributed by atoms with Crippen molar-refractivity contribution in [2.75, 3.05) is 6.54 Å². The molecule has 0 aliphatic carbocycles. The fourth-order valence-electron chi connectivity index (χ4n) is 4.04. The molecule has 3 rings (SSSR count). The Hall–Kier alpha value is -2.25. The van der Waals surface area contributed by atoms with Crippen molar-refractivity contribution in [1.29, 1.82) is 0 Å². The minimum Gasteiger partial charge on any atom is -0.328 e. The number of carbonyl (C=O) groups excluding carboxylic acids is 3. The lowest BCUT2D eigenvalue weighted by molar-refractivity contribution is -0.136. The molecule has 0 aromatic heterocycles. The molecule has 3 amide bonds. The first kappa shape index (κ1) is 20.5. The third-order valence-corrected chi connectivity index (χ3v) is 5.58. The van der Waals surface area contributed by atoms with Gasteiger partial charge in [-0.15, -0.1) is 0 Å². The number of piperidine rings is 1. The number of fused-ring (bicyclic) bond motifs is 1. The van der Waals surface area contributed by atoms with E-state index in [1.807, 2.05) is 18.2 Å². The van der Waals surface area contributed by atoms with Gasteiger partial charge in [-0.2, -0.15) is 0 Å². The monoisotopic (exact) mass is 386 g/mol. The van der Waals surface area contributed by atoms with E-state index in [-0.39, 0.29) is 30.2 Å². The summed E-state index contributed by atoms with van der Waals surface area (Å²) in [7, 11) is 0. The van der Waals surface area contributed by atoms with Crippen LogP contribution in [0.4, 0.5) is 0 Å². The number of benzene rings is 1. The van der Waals surface area contributed by atoms with Gasteiger partial charge < -0.3 is 16.0 Å². The van der Waals surface area contributed by atoms with Crippen molar-refractivity contribution in [3.05, 3.63) is 34.9 Å². The summed E-state index contributed by atoms with van der Waals surface area (Å²) in [6.07, 6.45) is 4.86. The van der Waals surface area contributed by atoms with Gasteiger partial charge in [-0.1, -0.05) is 25.5 Å². The average Bonchev–Trinajstić information content (AvgIpc) is 2.99. The summed E-state index contributed by atoms with van der Waals surface area (Å²) in [4.78, 5) is 38.0. The summed E-state index contributed by atoms with van der Waals surface area (Å²) in [5, 5.41) is 5.78. The van der Waals surface area contributed by atoms with Crippen LogP contribution in [0.15, 0.2) is 18.2 Å². The van der Waals surface area contributed by atoms with Crippen LogP contribution in [0.2, 0.25) is 0 Å². The average molecular weight is 386 g/mol. The second kappa shape index (κ2) is 9.30. The van der Waals surface area contributed by atoms with Crippen LogP contribution in [0.1, 0.15) is 66.9 Å². The molecule has 7 nitrogen and oxygen atoms in total. The van der Waals surface area contributed by atoms with Gasteiger partial charge in [-0.25, -0.2) is 0 Å². The zero-order valence-corrected chi connectivity index (χ0v) is 16.5. The molecule has 2 unspecified atom stereocenters. The Labute approximate surface area is 166 Å². The Balaban J connectivity index is 1.58. The van der Waals surface area contributed by atoms with E-state index in [0.717, 1.165) is 43.4 Å². The number of imide groups is 1. The Morgan fingerprint density at radius 2 is 2.11 bits per heavy atom. The SMILES string of the molecule is CCCC(N)CCCNCc1cccc2c1CN(C1CCC(=O)NC1=O)C2=O. The molecule has 4 N–H and O–H groups in total. The second-order valence-corrected chi connectivity index (χ2v) is 7.71. The highest BCUT2D eigenvalue weighted by molar-refractivity contribution is 6.05. The fourth-order valence-corrected chi connectivity index (χ4v) is 4.04. The highest BCUT2D eigenvalue weighted by Gasteiger charge is 2.39. The number of carbonyl (C=O) groups is 3. The molecule has 7 heteroatoms. The quantitative estimate of drug-likeness (QED) is 0.440. The van der Waals surface area contributed by atoms with Crippen molar-refractivity contribution in [1.82, 2.24) is 15.5 Å². The Morgan fingerprint density at radius 1 is 1.29 bits per heavy atom. The molecule has 2 heterocycles. The third kappa shape index (κ3) is 4.59. The molecule has 28 heavy (non-hydrogen) atoms. The molecule has 0 saturated carbocycles. The first-order valence-corrected chi connectivity index (χ1v) is 10.2. The minimum absolute atomic E-state index is 0.128. The van der Waals surface area contributed by atoms with Crippen molar-refractivity contribution in [3.63, 3.8) is 0 Å². The maximum Gasteiger partial charge on any atom is 0.255 e. The molecule has 0 spiro atoms. The highest BCUT2D eigenvalue weighted by Crippen LogP contribution is 2.29. The minimum atomic E-state index is -0.571. The van der Waals surface area contributed by atoms with Crippen LogP contribution in [0, 0.1) is 0 Å². The maximum atomic E-state index is 12.8. The molecular formula is C21H30N4O3. The predicted molar refractivity (Wildman–Crippen MR) is 106 cm³/mol. The number of amides is 3. The van der Waals surface area contributed by atoms with Gasteiger partial charge in [0, 0.05) is 31.1 Å². The lowest BCUT2D eigenvalue weighted by atomic mass is 10.0. The number of nitrogens with one attached hydrogen (secondary N) is 2. The third-order valence-electron chi connectivity index (χ3n) is 5.58. The van der Waals surface area contributed by atoms with Gasteiger partial charge in [0.05, 0.1) is 0 Å². The largest absolute Gasteiger partial charge is 0.328 e. The standard InChI is InChI=1S/C21H30N4O3/c1-2-5-15(22)7-4-11-23-12-14-6-3-8-16-17(14)13-25(21(16)28)18-9-10-19(26)24-20(18)27/h3,6,8,15,18,23H,2,4-5,7,9-13,22H2,1H3,(H,24,26,27). The van der Waals surface area contributed by atoms with Crippen molar-refractivity contribution in [2.24, 2.45) is 5.73 Å². The molecule has 2 atom stereocenters. The Morgan fingerprint density at radius 3 is 2.86 bits per heavy atom. The topological polar surface area (TPSA) is 105 Å². The highest BCUT2D eigenvalue weighted by atomic mass is 16.2. The molecular weight excluding hydrogens is 356 g/mol. The first-order valence-electron chi connectivity index (χ1n) is 10.2. The van der Waals surface area contributed by atoms with E-state index in [0.29, 0.717) is 25.1 Å². The molecule has 0 radical (unpaired) electrons. The van der Waals surface area contributed by atoms with Crippen molar-refractivity contribution in [3.8, 4) is 0 Å². The molecule has 1 aromatic rings. The van der Waals surface area contributed by atoms with E-state index in [1.165, 1.54) is 0 Å². The molecule has 1 fully saturated rings. The van der Waals surface area contributed by atoms with E-state index < -0.39 is 6.04 Å². The number of nitrogens with zero attached hydrogens (tertiary/aromatic N) is 1. The van der Waals surface area contributed by atoms with Gasteiger partial charge in [0.25, 0.3) is 5.91 Å². The summed E-state index contributed by atoms with van der Waals surface area (Å²) in [6, 6.07) is 5.43. The van der Waals surface area contributed by atoms with Crippen molar-refractivity contribution >= 4 is 17.7 Å². The van der Waals surface area contributed by atoms with Crippen LogP contribution in [-0.2, 0) is 22.7 Å². The van der Waals surface area contributed by atoms with E-state index >= 15 is 0 Å². The van der Waals surface area contributed by atoms with Crippen LogP contribution in [0.5, 0.6) is 0 Å². The van der Waals surface area contributed by atoms with Gasteiger partial charge in [-0.3, -0.25) is 19.7 Å². The zero-order chi connectivity index (χ0) is 20.1. The Kier molecular flexibility index (Phi) is 6.80. The smallest absolute Gasteiger partial charge is 0.255 e. The summed E-state index contributed by atoms with van der Waals surface area (Å²) in [5.41, 5.74) is 8.77. The van der Waals surface area contributed by atoms with E-state index in [1.54, 1.807) is 4.90 Å². The van der Waals surface area contributed by atoms with E-state index in [9.17, 15) is 14.4 Å². The lowest BCUT2D eigenvalue weighted by Gasteiger charge is -2.29. The normalized spacial score (nSPS) is 20.3. The number of hydrogen-bond acceptors (Lipinski definition) is 5. The van der Waals surface area contributed by atoms with Gasteiger partial charge in [0.15, 0.2) is 0 Å². The molecule has 1 aromatic carbocycles. The van der Waals surface area contributed by atoms with Crippen LogP contribution in [0.25, 0.3) is 0 Å². The van der Waals surface area contributed by atoms with Crippen LogP contribution < -0.4 is 16.4 Å². The zero-order valence-electron chi connectivity index (χ0n) is 16.5. The van der Waals surface area contributed by atoms with Crippen LogP contribution >= 0.6 is 0 Å². The molecule has 1 saturated heterocycles. The predicted octanol–water partition coefficient (Wildman–Crippen LogP) is 1.44. The lowest BCUT2D eigenvalue weighted by Crippen LogP contribution is -2.52. The van der Waals surface area contributed by atoms with E-state index in [2.05, 4.69) is 17.6 Å². The van der Waals surface area contributed by atoms with Gasteiger partial charge in [0.1, 0.15) is 6.04 Å². The number of hydrogen-bond donors (Lipinski definition) is 3. The summed E-state index contributed by atoms with van der Waals surface area (Å²) >= 11 is 0. The second-order valence-electron chi connectivity index (χ2n) is 7.71. The number of nitrogens with two attached hydrogens (primary N) is 1. The van der Waals surface area contributed by atoms with Crippen LogP contribution in [0.3, 0.4) is 0 Å². The Bertz CT molecular complexity index is 749. The molecule has 2 aliphatic heterocycles. The van der Waals surface area contributed by atoms with Gasteiger partial charge in [0.2, 0.25) is 11.8 Å². The van der Waals surface area contributed by atoms with E-state index in [4.69, 9.17) is 5.73 Å². The van der Waals surface area contributed by atoms with Gasteiger partial charge >= 0.3 is 0 Å². The van der Waals surface area contributed by atoms with Crippen molar-refractivity contribution in [2.45, 2.75) is 70.6 Å². The molecule has 2 aliphatic rings. The van der Waals surface area contributed by atoms with Gasteiger partial charge in [-0.05, 0) is 49.4 Å². The summed E-state index contributed by atoms with van der Waals surface area (Å²) < 4.78 is 0. The number of rotatable bonds is 9. The van der Waals surface area contributed by atoms with Crippen molar-refractivity contribution < 1.29 is 14.4 Å².